The standard InChI is InChI=1S/C35H40F4O2/c1-3-5-7-23-41-31-21-20-30(34(38)35(31)39)25-11-8-24(9-12-25)10-13-27-16-19-29(33(37)32(27)36)26-14-17-28(18-15-26)40-22-6-4-2/h3,14-21,24-25H,1,4-13,22-23H2,2H3. The third-order valence-corrected chi connectivity index (χ3v) is 8.09. The van der Waals surface area contributed by atoms with E-state index in [9.17, 15) is 8.78 Å². The molecule has 0 aliphatic heterocycles. The summed E-state index contributed by atoms with van der Waals surface area (Å²) in [7, 11) is 0. The third-order valence-electron chi connectivity index (χ3n) is 8.09. The number of ether oxygens (including phenoxy) is 2. The molecule has 6 heteroatoms. The lowest BCUT2D eigenvalue weighted by Gasteiger charge is -2.29. The first-order valence-electron chi connectivity index (χ1n) is 14.8. The maximum Gasteiger partial charge on any atom is 0.200 e. The Hall–Kier alpha value is -3.28. The van der Waals surface area contributed by atoms with Crippen molar-refractivity contribution in [2.24, 2.45) is 5.92 Å². The Morgan fingerprint density at radius 1 is 0.780 bits per heavy atom. The van der Waals surface area contributed by atoms with E-state index in [4.69, 9.17) is 9.47 Å². The topological polar surface area (TPSA) is 18.5 Å². The first-order chi connectivity index (χ1) is 19.9. The van der Waals surface area contributed by atoms with Gasteiger partial charge in [-0.2, -0.15) is 4.39 Å². The van der Waals surface area contributed by atoms with Crippen molar-refractivity contribution in [1.82, 2.24) is 0 Å². The van der Waals surface area contributed by atoms with Gasteiger partial charge >= 0.3 is 0 Å². The van der Waals surface area contributed by atoms with E-state index in [1.807, 2.05) is 0 Å². The molecule has 4 rings (SSSR count). The van der Waals surface area contributed by atoms with Gasteiger partial charge in [0.2, 0.25) is 5.82 Å². The highest BCUT2D eigenvalue weighted by Gasteiger charge is 2.27. The van der Waals surface area contributed by atoms with Gasteiger partial charge in [-0.1, -0.05) is 49.8 Å². The molecular weight excluding hydrogens is 528 g/mol. The monoisotopic (exact) mass is 568 g/mol. The molecule has 0 saturated heterocycles. The van der Waals surface area contributed by atoms with Crippen LogP contribution in [0.3, 0.4) is 0 Å². The van der Waals surface area contributed by atoms with Crippen LogP contribution < -0.4 is 9.47 Å². The molecule has 0 spiro atoms. The molecule has 0 atom stereocenters. The number of allylic oxidation sites excluding steroid dienone is 1. The Morgan fingerprint density at radius 2 is 1.51 bits per heavy atom. The molecule has 0 unspecified atom stereocenters. The molecular formula is C35H40F4O2. The smallest absolute Gasteiger partial charge is 0.200 e. The van der Waals surface area contributed by atoms with Gasteiger partial charge < -0.3 is 9.47 Å². The number of aryl methyl sites for hydroxylation is 1. The maximum absolute atomic E-state index is 15.0. The minimum atomic E-state index is -0.930. The molecule has 220 valence electrons. The van der Waals surface area contributed by atoms with Crippen LogP contribution in [0.4, 0.5) is 17.6 Å². The van der Waals surface area contributed by atoms with E-state index in [0.29, 0.717) is 54.4 Å². The second-order valence-electron chi connectivity index (χ2n) is 10.9. The molecule has 3 aromatic rings. The summed E-state index contributed by atoms with van der Waals surface area (Å²) < 4.78 is 70.5. The second kappa shape index (κ2) is 15.1. The number of hydrogen-bond acceptors (Lipinski definition) is 2. The van der Waals surface area contributed by atoms with E-state index in [1.165, 1.54) is 6.07 Å². The predicted molar refractivity (Wildman–Crippen MR) is 157 cm³/mol. The first kappa shape index (κ1) is 30.7. The normalized spacial score (nSPS) is 16.9. The van der Waals surface area contributed by atoms with Crippen molar-refractivity contribution >= 4 is 0 Å². The van der Waals surface area contributed by atoms with E-state index in [0.717, 1.165) is 51.4 Å². The SMILES string of the molecule is C=CCCCOc1ccc(C2CCC(CCc3ccc(-c4ccc(OCCCC)cc4)c(F)c3F)CC2)c(F)c1F. The lowest BCUT2D eigenvalue weighted by molar-refractivity contribution is 0.284. The van der Waals surface area contributed by atoms with Gasteiger partial charge in [0.25, 0.3) is 0 Å². The van der Waals surface area contributed by atoms with Gasteiger partial charge in [0, 0.05) is 5.56 Å². The Kier molecular flexibility index (Phi) is 11.3. The highest BCUT2D eigenvalue weighted by Crippen LogP contribution is 2.40. The van der Waals surface area contributed by atoms with Crippen LogP contribution in [-0.4, -0.2) is 13.2 Å². The van der Waals surface area contributed by atoms with Gasteiger partial charge in [0.05, 0.1) is 13.2 Å². The lowest BCUT2D eigenvalue weighted by Crippen LogP contribution is -2.16. The molecule has 1 fully saturated rings. The van der Waals surface area contributed by atoms with Crippen molar-refractivity contribution in [3.63, 3.8) is 0 Å². The number of rotatable bonds is 14. The summed E-state index contributed by atoms with van der Waals surface area (Å²) in [6.45, 7) is 6.67. The van der Waals surface area contributed by atoms with Crippen molar-refractivity contribution < 1.29 is 27.0 Å². The summed E-state index contributed by atoms with van der Waals surface area (Å²) in [6.07, 6.45) is 9.50. The fourth-order valence-electron chi connectivity index (χ4n) is 5.58. The minimum Gasteiger partial charge on any atom is -0.494 e. The number of hydrogen-bond donors (Lipinski definition) is 0. The fraction of sp³-hybridized carbons (Fsp3) is 0.429. The summed E-state index contributed by atoms with van der Waals surface area (Å²) >= 11 is 0. The van der Waals surface area contributed by atoms with Crippen molar-refractivity contribution in [2.45, 2.75) is 77.0 Å². The Bertz CT molecular complexity index is 1280. The predicted octanol–water partition coefficient (Wildman–Crippen LogP) is 10.3. The zero-order valence-electron chi connectivity index (χ0n) is 23.9. The summed E-state index contributed by atoms with van der Waals surface area (Å²) in [5, 5.41) is 0. The van der Waals surface area contributed by atoms with Crippen LogP contribution in [0.1, 0.15) is 81.8 Å². The Balaban J connectivity index is 1.30. The molecule has 0 N–H and O–H groups in total. The van der Waals surface area contributed by atoms with E-state index in [2.05, 4.69) is 13.5 Å². The van der Waals surface area contributed by atoms with Gasteiger partial charge in [0.15, 0.2) is 23.2 Å². The van der Waals surface area contributed by atoms with Crippen LogP contribution in [0.25, 0.3) is 11.1 Å². The average Bonchev–Trinajstić information content (AvgIpc) is 2.99. The highest BCUT2D eigenvalue weighted by atomic mass is 19.2. The lowest BCUT2D eigenvalue weighted by atomic mass is 9.76. The fourth-order valence-corrected chi connectivity index (χ4v) is 5.58. The third kappa shape index (κ3) is 7.93. The average molecular weight is 569 g/mol. The molecule has 0 bridgehead atoms. The summed E-state index contributed by atoms with van der Waals surface area (Å²) in [5.74, 6) is -2.48. The molecule has 2 nitrogen and oxygen atoms in total. The van der Waals surface area contributed by atoms with E-state index >= 15 is 8.78 Å². The van der Waals surface area contributed by atoms with Crippen LogP contribution in [-0.2, 0) is 6.42 Å². The van der Waals surface area contributed by atoms with Gasteiger partial charge in [0.1, 0.15) is 5.75 Å². The largest absolute Gasteiger partial charge is 0.494 e. The van der Waals surface area contributed by atoms with E-state index < -0.39 is 23.3 Å². The van der Waals surface area contributed by atoms with Crippen molar-refractivity contribution in [3.05, 3.63) is 95.6 Å². The molecule has 1 aliphatic rings. The zero-order valence-corrected chi connectivity index (χ0v) is 23.9. The molecule has 0 amide bonds. The number of benzene rings is 3. The minimum absolute atomic E-state index is 0.0577. The Labute approximate surface area is 241 Å². The molecule has 1 aliphatic carbocycles. The summed E-state index contributed by atoms with van der Waals surface area (Å²) in [5.41, 5.74) is 1.59. The van der Waals surface area contributed by atoms with E-state index in [1.54, 1.807) is 48.5 Å². The van der Waals surface area contributed by atoms with E-state index in [-0.39, 0.29) is 17.2 Å². The summed E-state index contributed by atoms with van der Waals surface area (Å²) in [4.78, 5) is 0. The number of halogens is 4. The van der Waals surface area contributed by atoms with Crippen LogP contribution in [0.15, 0.2) is 61.2 Å². The van der Waals surface area contributed by atoms with Gasteiger partial charge in [-0.25, -0.2) is 13.2 Å². The van der Waals surface area contributed by atoms with Gasteiger partial charge in [-0.05, 0) is 105 Å². The maximum atomic E-state index is 15.0. The first-order valence-corrected chi connectivity index (χ1v) is 14.8. The quantitative estimate of drug-likeness (QED) is 0.109. The van der Waals surface area contributed by atoms with Crippen LogP contribution in [0.5, 0.6) is 11.5 Å². The molecule has 41 heavy (non-hydrogen) atoms. The highest BCUT2D eigenvalue weighted by molar-refractivity contribution is 5.65. The molecule has 3 aromatic carbocycles. The number of unbranched alkanes of at least 4 members (excludes halogenated alkanes) is 2. The van der Waals surface area contributed by atoms with Crippen molar-refractivity contribution in [3.8, 4) is 22.6 Å². The molecule has 1 saturated carbocycles. The van der Waals surface area contributed by atoms with Crippen LogP contribution in [0.2, 0.25) is 0 Å². The van der Waals surface area contributed by atoms with Crippen molar-refractivity contribution in [2.75, 3.05) is 13.2 Å². The van der Waals surface area contributed by atoms with Crippen LogP contribution >= 0.6 is 0 Å². The molecule has 0 heterocycles. The van der Waals surface area contributed by atoms with Gasteiger partial charge in [-0.15, -0.1) is 6.58 Å². The van der Waals surface area contributed by atoms with Gasteiger partial charge in [-0.3, -0.25) is 0 Å². The Morgan fingerprint density at radius 3 is 2.22 bits per heavy atom. The second-order valence-corrected chi connectivity index (χ2v) is 10.9. The van der Waals surface area contributed by atoms with Crippen molar-refractivity contribution in [1.29, 1.82) is 0 Å². The van der Waals surface area contributed by atoms with Crippen LogP contribution in [0, 0.1) is 29.2 Å². The zero-order chi connectivity index (χ0) is 29.2. The molecule has 0 aromatic heterocycles. The summed E-state index contributed by atoms with van der Waals surface area (Å²) in [6, 6.07) is 13.5. The molecule has 0 radical (unpaired) electrons.